The van der Waals surface area contributed by atoms with Gasteiger partial charge in [-0.25, -0.2) is 4.79 Å². The molecule has 0 spiro atoms. The number of methoxy groups -OCH3 is 1. The van der Waals surface area contributed by atoms with E-state index in [9.17, 15) is 13.2 Å². The minimum atomic E-state index is -4.44. The first-order chi connectivity index (χ1) is 6.99. The summed E-state index contributed by atoms with van der Waals surface area (Å²) in [5.74, 6) is 0.229. The van der Waals surface area contributed by atoms with Gasteiger partial charge >= 0.3 is 0 Å². The number of carbonyl (C=O) groups excluding carboxylic acids is 1. The Bertz CT molecular complexity index is 516. The van der Waals surface area contributed by atoms with Crippen LogP contribution in [0.25, 0.3) is 0 Å². The van der Waals surface area contributed by atoms with Crippen molar-refractivity contribution in [2.45, 2.75) is 4.90 Å². The van der Waals surface area contributed by atoms with Crippen molar-refractivity contribution < 1.29 is 22.5 Å². The average molecular weight is 229 g/mol. The van der Waals surface area contributed by atoms with Gasteiger partial charge in [0.25, 0.3) is 10.1 Å². The van der Waals surface area contributed by atoms with Crippen molar-refractivity contribution in [2.75, 3.05) is 7.11 Å². The van der Waals surface area contributed by atoms with Gasteiger partial charge in [0, 0.05) is 6.07 Å². The molecule has 0 bridgehead atoms. The van der Waals surface area contributed by atoms with Crippen molar-refractivity contribution in [3.05, 3.63) is 18.2 Å². The topological polar surface area (TPSA) is 93.0 Å². The predicted molar refractivity (Wildman–Crippen MR) is 50.6 cm³/mol. The van der Waals surface area contributed by atoms with Crippen LogP contribution in [-0.2, 0) is 14.9 Å². The Labute approximate surface area is 86.0 Å². The lowest BCUT2D eigenvalue weighted by Crippen LogP contribution is -1.99. The first-order valence-electron chi connectivity index (χ1n) is 3.72. The number of ether oxygens (including phenoxy) is 1. The monoisotopic (exact) mass is 229 g/mol. The summed E-state index contributed by atoms with van der Waals surface area (Å²) in [4.78, 5) is 12.7. The van der Waals surface area contributed by atoms with Gasteiger partial charge in [0.2, 0.25) is 6.08 Å². The van der Waals surface area contributed by atoms with Crippen LogP contribution in [0.4, 0.5) is 5.69 Å². The molecule has 0 saturated heterocycles. The Kier molecular flexibility index (Phi) is 3.21. The minimum Gasteiger partial charge on any atom is -0.497 e. The number of hydrogen-bond donors (Lipinski definition) is 1. The SMILES string of the molecule is COc1ccc(N=C=O)c(S(=O)(=O)O)c1. The molecule has 0 unspecified atom stereocenters. The summed E-state index contributed by atoms with van der Waals surface area (Å²) in [6.07, 6.45) is 1.19. The quantitative estimate of drug-likeness (QED) is 0.472. The van der Waals surface area contributed by atoms with Crippen molar-refractivity contribution in [1.82, 2.24) is 0 Å². The second-order valence-corrected chi connectivity index (χ2v) is 3.90. The standard InChI is InChI=1S/C8H7NO5S/c1-14-6-2-3-7(9-5-10)8(4-6)15(11,12)13/h2-4H,1H3,(H,11,12,13). The number of benzene rings is 1. The summed E-state index contributed by atoms with van der Waals surface area (Å²) in [7, 11) is -3.10. The molecular weight excluding hydrogens is 222 g/mol. The number of isocyanates is 1. The number of aliphatic imine (C=N–C) groups is 1. The van der Waals surface area contributed by atoms with E-state index in [0.717, 1.165) is 6.07 Å². The summed E-state index contributed by atoms with van der Waals surface area (Å²) >= 11 is 0. The van der Waals surface area contributed by atoms with Crippen LogP contribution in [-0.4, -0.2) is 26.2 Å². The molecule has 1 N–H and O–H groups in total. The second kappa shape index (κ2) is 4.22. The molecule has 80 valence electrons. The minimum absolute atomic E-state index is 0.187. The highest BCUT2D eigenvalue weighted by Crippen LogP contribution is 2.27. The predicted octanol–water partition coefficient (Wildman–Crippen LogP) is 0.909. The van der Waals surface area contributed by atoms with E-state index in [1.807, 2.05) is 0 Å². The van der Waals surface area contributed by atoms with Crippen LogP contribution in [0, 0.1) is 0 Å². The van der Waals surface area contributed by atoms with Crippen LogP contribution in [0.1, 0.15) is 0 Å². The van der Waals surface area contributed by atoms with E-state index < -0.39 is 15.0 Å². The van der Waals surface area contributed by atoms with Gasteiger partial charge in [-0.05, 0) is 12.1 Å². The summed E-state index contributed by atoms with van der Waals surface area (Å²) < 4.78 is 35.4. The maximum atomic E-state index is 10.9. The summed E-state index contributed by atoms with van der Waals surface area (Å²) in [6.45, 7) is 0. The van der Waals surface area contributed by atoms with E-state index in [1.54, 1.807) is 0 Å². The van der Waals surface area contributed by atoms with Gasteiger partial charge in [0.1, 0.15) is 10.6 Å². The van der Waals surface area contributed by atoms with Gasteiger partial charge in [-0.15, -0.1) is 0 Å². The van der Waals surface area contributed by atoms with Crippen molar-refractivity contribution in [1.29, 1.82) is 0 Å². The second-order valence-electron chi connectivity index (χ2n) is 2.51. The lowest BCUT2D eigenvalue weighted by Gasteiger charge is -2.03. The van der Waals surface area contributed by atoms with Gasteiger partial charge in [0.05, 0.1) is 12.8 Å². The van der Waals surface area contributed by atoms with E-state index in [1.165, 1.54) is 25.3 Å². The Morgan fingerprint density at radius 3 is 2.60 bits per heavy atom. The fourth-order valence-corrected chi connectivity index (χ4v) is 1.61. The molecule has 1 aromatic carbocycles. The molecule has 15 heavy (non-hydrogen) atoms. The van der Waals surface area contributed by atoms with Crippen molar-refractivity contribution in [2.24, 2.45) is 4.99 Å². The Morgan fingerprint density at radius 2 is 2.13 bits per heavy atom. The lowest BCUT2D eigenvalue weighted by molar-refractivity contribution is 0.412. The molecule has 6 nitrogen and oxygen atoms in total. The maximum absolute atomic E-state index is 10.9. The fraction of sp³-hybridized carbons (Fsp3) is 0.125. The summed E-state index contributed by atoms with van der Waals surface area (Å²) in [5.41, 5.74) is -0.187. The van der Waals surface area contributed by atoms with Crippen LogP contribution in [0.5, 0.6) is 5.75 Å². The van der Waals surface area contributed by atoms with E-state index in [0.29, 0.717) is 0 Å². The number of nitrogens with zero attached hydrogens (tertiary/aromatic N) is 1. The normalized spacial score (nSPS) is 10.5. The molecule has 0 radical (unpaired) electrons. The van der Waals surface area contributed by atoms with E-state index >= 15 is 0 Å². The van der Waals surface area contributed by atoms with E-state index in [2.05, 4.69) is 4.99 Å². The highest BCUT2D eigenvalue weighted by Gasteiger charge is 2.16. The summed E-state index contributed by atoms with van der Waals surface area (Å²) in [6, 6.07) is 3.70. The van der Waals surface area contributed by atoms with Crippen molar-refractivity contribution in [3.8, 4) is 5.75 Å². The molecule has 0 heterocycles. The third-order valence-electron chi connectivity index (χ3n) is 1.61. The zero-order valence-corrected chi connectivity index (χ0v) is 8.48. The third kappa shape index (κ3) is 2.63. The molecule has 0 aliphatic rings. The van der Waals surface area contributed by atoms with Crippen LogP contribution < -0.4 is 4.74 Å². The lowest BCUT2D eigenvalue weighted by atomic mass is 10.3. The Balaban J connectivity index is 3.49. The largest absolute Gasteiger partial charge is 0.497 e. The van der Waals surface area contributed by atoms with Crippen molar-refractivity contribution >= 4 is 21.9 Å². The van der Waals surface area contributed by atoms with Gasteiger partial charge in [-0.3, -0.25) is 4.55 Å². The highest BCUT2D eigenvalue weighted by atomic mass is 32.2. The van der Waals surface area contributed by atoms with Gasteiger partial charge in [-0.1, -0.05) is 0 Å². The first kappa shape index (κ1) is 11.4. The molecule has 0 aliphatic heterocycles. The van der Waals surface area contributed by atoms with Gasteiger partial charge < -0.3 is 4.74 Å². The average Bonchev–Trinajstić information content (AvgIpc) is 2.17. The molecule has 1 rings (SSSR count). The zero-order valence-electron chi connectivity index (χ0n) is 7.67. The highest BCUT2D eigenvalue weighted by molar-refractivity contribution is 7.86. The van der Waals surface area contributed by atoms with E-state index in [-0.39, 0.29) is 11.4 Å². The zero-order chi connectivity index (χ0) is 11.5. The molecular formula is C8H7NO5S. The molecule has 0 atom stereocenters. The van der Waals surface area contributed by atoms with Crippen LogP contribution in [0.3, 0.4) is 0 Å². The van der Waals surface area contributed by atoms with Crippen LogP contribution >= 0.6 is 0 Å². The number of rotatable bonds is 3. The van der Waals surface area contributed by atoms with E-state index in [4.69, 9.17) is 9.29 Å². The molecule has 0 fully saturated rings. The molecule has 0 amide bonds. The van der Waals surface area contributed by atoms with Crippen LogP contribution in [0.15, 0.2) is 28.1 Å². The molecule has 7 heteroatoms. The molecule has 1 aromatic rings. The smallest absolute Gasteiger partial charge is 0.296 e. The van der Waals surface area contributed by atoms with Gasteiger partial charge in [0.15, 0.2) is 0 Å². The summed E-state index contributed by atoms with van der Waals surface area (Å²) in [5, 5.41) is 0. The first-order valence-corrected chi connectivity index (χ1v) is 5.16. The molecule has 0 aromatic heterocycles. The third-order valence-corrected chi connectivity index (χ3v) is 2.49. The molecule has 0 saturated carbocycles. The Hall–Kier alpha value is -1.69. The van der Waals surface area contributed by atoms with Crippen LogP contribution in [0.2, 0.25) is 0 Å². The van der Waals surface area contributed by atoms with Gasteiger partial charge in [-0.2, -0.15) is 13.4 Å². The number of hydrogen-bond acceptors (Lipinski definition) is 5. The Morgan fingerprint density at radius 1 is 1.47 bits per heavy atom. The maximum Gasteiger partial charge on any atom is 0.296 e. The molecule has 0 aliphatic carbocycles. The fourth-order valence-electron chi connectivity index (χ4n) is 0.970. The van der Waals surface area contributed by atoms with Crippen molar-refractivity contribution in [3.63, 3.8) is 0 Å².